The lowest BCUT2D eigenvalue weighted by Crippen LogP contribution is -2.88. The third-order valence-corrected chi connectivity index (χ3v) is 11.8. The molecule has 0 spiro atoms. The van der Waals surface area contributed by atoms with Crippen molar-refractivity contribution in [2.45, 2.75) is 85.0 Å². The van der Waals surface area contributed by atoms with E-state index in [0.717, 1.165) is 12.2 Å². The molecule has 2 heterocycles. The Morgan fingerprint density at radius 1 is 0.902 bits per heavy atom. The number of hydrogen-bond acceptors (Lipinski definition) is 6. The maximum Gasteiger partial charge on any atom is 0.323 e. The monoisotopic (exact) mass is 552 g/mol. The van der Waals surface area contributed by atoms with Crippen LogP contribution in [0.1, 0.15) is 52.2 Å². The Morgan fingerprint density at radius 2 is 1.37 bits per heavy atom. The summed E-state index contributed by atoms with van der Waals surface area (Å²) in [4.78, 5) is 16.5. The Hall–Kier alpha value is -1.14. The normalized spacial score (nSPS) is 30.4. The maximum atomic E-state index is 13.7. The second-order valence-electron chi connectivity index (χ2n) is 16.9. The number of ether oxygens (including phenoxy) is 3. The molecule has 0 saturated carbocycles. The van der Waals surface area contributed by atoms with Gasteiger partial charge in [0.25, 0.3) is 0 Å². The van der Waals surface area contributed by atoms with Crippen LogP contribution >= 0.6 is 0 Å². The molecule has 0 aliphatic carbocycles. The second-order valence-corrected chi connectivity index (χ2v) is 16.9. The zero-order valence-electron chi connectivity index (χ0n) is 29.3. The predicted molar refractivity (Wildman–Crippen MR) is 198 cm³/mol. The van der Waals surface area contributed by atoms with E-state index in [-0.39, 0.29) is 27.9 Å². The van der Waals surface area contributed by atoms with Gasteiger partial charge in [0.15, 0.2) is 11.5 Å². The highest BCUT2D eigenvalue weighted by atomic mass is 16.5. The van der Waals surface area contributed by atoms with Gasteiger partial charge in [0.05, 0.1) is 20.3 Å². The van der Waals surface area contributed by atoms with Gasteiger partial charge in [-0.15, -0.1) is 0 Å². The molecule has 2 aliphatic heterocycles. The summed E-state index contributed by atoms with van der Waals surface area (Å²) >= 11 is 0. The van der Waals surface area contributed by atoms with Gasteiger partial charge in [-0.25, -0.2) is 0 Å². The van der Waals surface area contributed by atoms with Gasteiger partial charge in [0.2, 0.25) is 0 Å². The molecule has 16 heteroatoms. The largest absolute Gasteiger partial charge is 0.493 e. The van der Waals surface area contributed by atoms with Gasteiger partial charge in [-0.05, 0) is 62.2 Å². The van der Waals surface area contributed by atoms with Crippen LogP contribution in [0, 0.1) is 11.3 Å². The molecule has 4 atom stereocenters. The molecule has 1 saturated heterocycles. The highest BCUT2D eigenvalue weighted by molar-refractivity contribution is 6.58. The Labute approximate surface area is 258 Å². The lowest BCUT2D eigenvalue weighted by atomic mass is 9.17. The van der Waals surface area contributed by atoms with E-state index in [1.165, 1.54) is 11.1 Å². The molecule has 1 aromatic rings. The summed E-state index contributed by atoms with van der Waals surface area (Å²) in [6.45, 7) is 10.8. The molecular formula is C25H50B10N2O4. The van der Waals surface area contributed by atoms with Crippen LogP contribution < -0.4 is 15.2 Å². The van der Waals surface area contributed by atoms with Crippen molar-refractivity contribution in [1.29, 1.82) is 0 Å². The molecular weight excluding hydrogens is 500 g/mol. The lowest BCUT2D eigenvalue weighted by molar-refractivity contribution is -0.168. The number of hydrogen-bond donors (Lipinski definition) is 1. The highest BCUT2D eigenvalue weighted by Gasteiger charge is 2.73. The van der Waals surface area contributed by atoms with Crippen molar-refractivity contribution in [1.82, 2.24) is 4.90 Å². The fraction of sp³-hybridized carbons (Fsp3) is 0.720. The van der Waals surface area contributed by atoms with E-state index in [9.17, 15) is 4.79 Å². The van der Waals surface area contributed by atoms with Crippen molar-refractivity contribution in [2.24, 2.45) is 17.1 Å². The number of benzene rings is 1. The topological polar surface area (TPSA) is 74.0 Å². The van der Waals surface area contributed by atoms with Crippen molar-refractivity contribution in [2.75, 3.05) is 14.2 Å². The molecule has 2 aliphatic rings. The minimum absolute atomic E-state index is 0.00932. The zero-order chi connectivity index (χ0) is 31.9. The highest BCUT2D eigenvalue weighted by Crippen LogP contribution is 2.70. The molecule has 0 radical (unpaired) electrons. The molecule has 2 N–H and O–H groups in total. The first-order valence-electron chi connectivity index (χ1n) is 15.3. The fourth-order valence-electron chi connectivity index (χ4n) is 8.76. The number of nitrogens with zero attached hydrogens (tertiary/aromatic N) is 1. The van der Waals surface area contributed by atoms with Crippen molar-refractivity contribution in [3.05, 3.63) is 23.3 Å². The number of carbonyl (C=O) groups excluding carboxylic acids is 1. The Balaban J connectivity index is 2.52. The zero-order valence-corrected chi connectivity index (χ0v) is 29.3. The van der Waals surface area contributed by atoms with Crippen LogP contribution in [0.25, 0.3) is 0 Å². The van der Waals surface area contributed by atoms with Gasteiger partial charge in [-0.2, -0.15) is 0 Å². The van der Waals surface area contributed by atoms with Crippen LogP contribution in [-0.4, -0.2) is 126 Å². The average Bonchev–Trinajstić information content (AvgIpc) is 2.82. The summed E-state index contributed by atoms with van der Waals surface area (Å²) in [6.07, 6.45) is 0.452. The quantitative estimate of drug-likeness (QED) is 0.281. The number of methoxy groups -OCH3 is 2. The van der Waals surface area contributed by atoms with Crippen LogP contribution in [0.5, 0.6) is 11.5 Å². The van der Waals surface area contributed by atoms with Crippen LogP contribution in [-0.2, 0) is 20.2 Å². The van der Waals surface area contributed by atoms with E-state index in [1.54, 1.807) is 14.2 Å². The van der Waals surface area contributed by atoms with E-state index in [0.29, 0.717) is 5.75 Å². The van der Waals surface area contributed by atoms with Gasteiger partial charge in [-0.3, -0.25) is 4.79 Å². The van der Waals surface area contributed by atoms with Crippen molar-refractivity contribution in [3.63, 3.8) is 0 Å². The molecule has 6 nitrogen and oxygen atoms in total. The number of carbonyl (C=O) groups is 1. The summed E-state index contributed by atoms with van der Waals surface area (Å²) in [5.74, 6) is 1.09. The van der Waals surface area contributed by atoms with Gasteiger partial charge in [0, 0.05) is 5.44 Å². The van der Waals surface area contributed by atoms with E-state index in [1.807, 2.05) is 13.8 Å². The van der Waals surface area contributed by atoms with E-state index < -0.39 is 33.4 Å². The third-order valence-electron chi connectivity index (χ3n) is 11.8. The number of rotatable bonds is 6. The molecule has 1 fully saturated rings. The number of esters is 1. The van der Waals surface area contributed by atoms with Crippen LogP contribution in [0.2, 0.25) is 10.5 Å². The molecule has 3 rings (SSSR count). The van der Waals surface area contributed by atoms with E-state index >= 15 is 0 Å². The molecule has 1 aromatic carbocycles. The molecule has 0 bridgehead atoms. The van der Waals surface area contributed by atoms with E-state index in [2.05, 4.69) is 116 Å². The number of nitrogens with two attached hydrogens (primary N) is 1. The van der Waals surface area contributed by atoms with Gasteiger partial charge in [-0.1, -0.05) is 39.8 Å². The summed E-state index contributed by atoms with van der Waals surface area (Å²) in [5, 5.41) is -1.89. The molecule has 3 unspecified atom stereocenters. The minimum Gasteiger partial charge on any atom is -0.493 e. The lowest BCUT2D eigenvalue weighted by Gasteiger charge is -2.80. The molecule has 0 amide bonds. The summed E-state index contributed by atoms with van der Waals surface area (Å²) in [6, 6.07) is 3.65. The average molecular weight is 551 g/mol. The molecule has 0 aromatic heterocycles. The number of fused-ring (bicyclic) bond motifs is 3. The SMILES string of the molecule is BC1(B)c2cc(OC)c(OC)cc2C2(B)N(C1(B)B)C(B)(B)C(B)(CC(C)(C)C)C(OC(=O)[C@@H](N)C(C)C)C2(B)B. The second kappa shape index (κ2) is 10.2. The Kier molecular flexibility index (Phi) is 8.55. The molecule has 214 valence electrons. The Morgan fingerprint density at radius 3 is 1.78 bits per heavy atom. The maximum absolute atomic E-state index is 13.7. The van der Waals surface area contributed by atoms with Crippen LogP contribution in [0.15, 0.2) is 12.1 Å². The predicted octanol–water partition coefficient (Wildman–Crippen LogP) is -6.42. The number of piperidine rings is 1. The first-order valence-corrected chi connectivity index (χ1v) is 15.3. The smallest absolute Gasteiger partial charge is 0.323 e. The summed E-state index contributed by atoms with van der Waals surface area (Å²) in [7, 11) is 26.8. The summed E-state index contributed by atoms with van der Waals surface area (Å²) < 4.78 is 18.4. The first kappa shape index (κ1) is 34.4. The minimum atomic E-state index is -0.683. The van der Waals surface area contributed by atoms with Crippen LogP contribution in [0.3, 0.4) is 0 Å². The van der Waals surface area contributed by atoms with Crippen LogP contribution in [0.4, 0.5) is 0 Å². The van der Waals surface area contributed by atoms with Crippen molar-refractivity contribution < 1.29 is 19.0 Å². The summed E-state index contributed by atoms with van der Waals surface area (Å²) in [5.41, 5.74) is 8.28. The standard InChI is InChI=1S/C25H50B10N2O4/c1-11(2)16(36)17(38)41-18-20(26,10-19(3,4)5)24(32,33)37-23(31,22(18,29)30)13-9-15(40-7)14(39-6)8-12(13)21(27,28)25(37,34)35/h8-9,11,16,18H,10,26-36H2,1-7H3/t16-,18?,20?,23?/m0/s1. The Bertz CT molecular complexity index is 1210. The van der Waals surface area contributed by atoms with Crippen molar-refractivity contribution in [3.8, 4) is 11.5 Å². The van der Waals surface area contributed by atoms with Gasteiger partial charge < -0.3 is 24.8 Å². The van der Waals surface area contributed by atoms with Gasteiger partial charge >= 0.3 is 5.97 Å². The van der Waals surface area contributed by atoms with Crippen molar-refractivity contribution >= 4 is 84.4 Å². The molecule has 41 heavy (non-hydrogen) atoms. The third kappa shape index (κ3) is 4.71. The van der Waals surface area contributed by atoms with Gasteiger partial charge in [0.1, 0.15) is 84.5 Å². The first-order chi connectivity index (χ1) is 18.3. The fourth-order valence-corrected chi connectivity index (χ4v) is 8.76. The van der Waals surface area contributed by atoms with E-state index in [4.69, 9.17) is 19.9 Å².